The summed E-state index contributed by atoms with van der Waals surface area (Å²) in [7, 11) is -4.34. The van der Waals surface area contributed by atoms with Gasteiger partial charge in [0.2, 0.25) is 0 Å². The number of carbonyl (C=O) groups is 1. The van der Waals surface area contributed by atoms with Crippen molar-refractivity contribution in [2.45, 2.75) is 113 Å². The van der Waals surface area contributed by atoms with Gasteiger partial charge in [-0.05, 0) is 136 Å². The lowest BCUT2D eigenvalue weighted by atomic mass is 9.59. The molecule has 0 radical (unpaired) electrons. The van der Waals surface area contributed by atoms with Crippen molar-refractivity contribution < 1.29 is 23.1 Å². The molecule has 2 aromatic carbocycles. The highest BCUT2D eigenvalue weighted by Crippen LogP contribution is 2.54. The SMILES string of the molecule is CC(C)c1ccccc1[C@@H]1CCCN1C1CC2(CCN(c3cnc(C(=O)NS(=O)(=O)c4ccc(NC[C@H]5CC[C@](C)(O)CC5)c(N)c4)c(Oc4cnc5[nH]ccc5c4)c3)CC2)C1. The Kier molecular flexibility index (Phi) is 11.4. The second-order valence-corrected chi connectivity index (χ2v) is 20.6. The normalized spacial score (nSPS) is 23.1. The zero-order valence-electron chi connectivity index (χ0n) is 36.1. The maximum Gasteiger partial charge on any atom is 0.287 e. The van der Waals surface area contributed by atoms with Gasteiger partial charge in [0.1, 0.15) is 11.4 Å². The van der Waals surface area contributed by atoms with Gasteiger partial charge >= 0.3 is 0 Å². The van der Waals surface area contributed by atoms with Crippen LogP contribution in [0.1, 0.15) is 119 Å². The van der Waals surface area contributed by atoms with Gasteiger partial charge in [0, 0.05) is 49.4 Å². The molecule has 2 saturated carbocycles. The fraction of sp³-hybridized carbons (Fsp3) is 0.479. The van der Waals surface area contributed by atoms with E-state index in [1.165, 1.54) is 48.9 Å². The maximum absolute atomic E-state index is 13.9. The van der Waals surface area contributed by atoms with E-state index in [-0.39, 0.29) is 22.0 Å². The molecule has 3 aromatic heterocycles. The molecule has 13 nitrogen and oxygen atoms in total. The topological polar surface area (TPSA) is 179 Å². The van der Waals surface area contributed by atoms with Gasteiger partial charge in [-0.15, -0.1) is 0 Å². The lowest BCUT2D eigenvalue weighted by molar-refractivity contribution is -0.0228. The number of nitrogens with two attached hydrogens (primary N) is 1. The summed E-state index contributed by atoms with van der Waals surface area (Å²) >= 11 is 0. The predicted molar refractivity (Wildman–Crippen MR) is 243 cm³/mol. The van der Waals surface area contributed by atoms with Crippen LogP contribution in [0.4, 0.5) is 17.1 Å². The number of benzene rings is 2. The van der Waals surface area contributed by atoms with Gasteiger partial charge < -0.3 is 30.8 Å². The average Bonchev–Trinajstić information content (AvgIpc) is 3.93. The van der Waals surface area contributed by atoms with E-state index >= 15 is 0 Å². The van der Waals surface area contributed by atoms with Crippen molar-refractivity contribution in [3.05, 3.63) is 96.1 Å². The number of aliphatic hydroxyl groups is 1. The summed E-state index contributed by atoms with van der Waals surface area (Å²) in [5.41, 5.74) is 11.2. The van der Waals surface area contributed by atoms with Crippen LogP contribution < -0.4 is 25.4 Å². The summed E-state index contributed by atoms with van der Waals surface area (Å²) in [6.07, 6.45) is 15.3. The number of anilines is 3. The molecule has 62 heavy (non-hydrogen) atoms. The molecule has 0 bridgehead atoms. The first kappa shape index (κ1) is 42.1. The highest BCUT2D eigenvalue weighted by Gasteiger charge is 2.50. The van der Waals surface area contributed by atoms with E-state index in [4.69, 9.17) is 10.5 Å². The first-order valence-corrected chi connectivity index (χ1v) is 23.9. The number of piperidine rings is 1. The lowest BCUT2D eigenvalue weighted by Crippen LogP contribution is -2.55. The average molecular weight is 861 g/mol. The number of likely N-dealkylation sites (tertiary alicyclic amines) is 1. The highest BCUT2D eigenvalue weighted by atomic mass is 32.2. The van der Waals surface area contributed by atoms with Crippen molar-refractivity contribution >= 4 is 44.0 Å². The minimum atomic E-state index is -4.34. The lowest BCUT2D eigenvalue weighted by Gasteiger charge is -2.56. The van der Waals surface area contributed by atoms with Crippen molar-refractivity contribution in [2.75, 3.05) is 42.1 Å². The van der Waals surface area contributed by atoms with Crippen LogP contribution in [0.15, 0.2) is 84.1 Å². The van der Waals surface area contributed by atoms with Crippen LogP contribution in [0.25, 0.3) is 11.0 Å². The van der Waals surface area contributed by atoms with Gasteiger partial charge in [-0.1, -0.05) is 38.1 Å². The van der Waals surface area contributed by atoms with Crippen molar-refractivity contribution in [3.63, 3.8) is 0 Å². The van der Waals surface area contributed by atoms with E-state index in [9.17, 15) is 18.3 Å². The van der Waals surface area contributed by atoms with Gasteiger partial charge in [-0.25, -0.2) is 23.1 Å². The number of aromatic amines is 1. The Bertz CT molecular complexity index is 2530. The highest BCUT2D eigenvalue weighted by molar-refractivity contribution is 7.90. The van der Waals surface area contributed by atoms with Crippen LogP contribution in [0, 0.1) is 11.3 Å². The van der Waals surface area contributed by atoms with E-state index < -0.39 is 21.5 Å². The molecule has 9 rings (SSSR count). The summed E-state index contributed by atoms with van der Waals surface area (Å²) in [5.74, 6) is 0.470. The molecule has 1 spiro atoms. The number of amides is 1. The number of fused-ring (bicyclic) bond motifs is 1. The zero-order valence-corrected chi connectivity index (χ0v) is 36.9. The van der Waals surface area contributed by atoms with Crippen molar-refractivity contribution in [3.8, 4) is 11.5 Å². The Morgan fingerprint density at radius 3 is 2.52 bits per heavy atom. The summed E-state index contributed by atoms with van der Waals surface area (Å²) in [4.78, 5) is 30.9. The first-order chi connectivity index (χ1) is 29.7. The number of nitrogen functional groups attached to an aromatic ring is 1. The number of ether oxygens (including phenoxy) is 1. The third-order valence-electron chi connectivity index (χ3n) is 14.2. The molecule has 5 heterocycles. The number of sulfonamides is 1. The second kappa shape index (κ2) is 16.8. The van der Waals surface area contributed by atoms with Crippen LogP contribution in [0.2, 0.25) is 0 Å². The number of H-pyrrole nitrogens is 1. The van der Waals surface area contributed by atoms with Crippen LogP contribution in [-0.2, 0) is 10.0 Å². The third-order valence-corrected chi connectivity index (χ3v) is 15.6. The fourth-order valence-electron chi connectivity index (χ4n) is 10.5. The van der Waals surface area contributed by atoms with E-state index in [2.05, 4.69) is 72.9 Å². The zero-order chi connectivity index (χ0) is 43.2. The van der Waals surface area contributed by atoms with E-state index in [0.29, 0.717) is 53.0 Å². The van der Waals surface area contributed by atoms with Crippen LogP contribution >= 0.6 is 0 Å². The largest absolute Gasteiger partial charge is 0.453 e. The second-order valence-electron chi connectivity index (χ2n) is 19.0. The molecule has 2 saturated heterocycles. The first-order valence-electron chi connectivity index (χ1n) is 22.4. The Balaban J connectivity index is 0.878. The summed E-state index contributed by atoms with van der Waals surface area (Å²) in [6.45, 7) is 9.98. The molecular weight excluding hydrogens is 801 g/mol. The van der Waals surface area contributed by atoms with E-state index in [0.717, 1.165) is 69.2 Å². The smallest absolute Gasteiger partial charge is 0.287 e. The van der Waals surface area contributed by atoms with Gasteiger partial charge in [0.15, 0.2) is 11.4 Å². The Morgan fingerprint density at radius 1 is 0.984 bits per heavy atom. The van der Waals surface area contributed by atoms with Crippen LogP contribution in [0.3, 0.4) is 0 Å². The van der Waals surface area contributed by atoms with Crippen LogP contribution in [0.5, 0.6) is 11.5 Å². The number of pyridine rings is 2. The van der Waals surface area contributed by atoms with Gasteiger partial charge in [0.05, 0.1) is 40.0 Å². The third kappa shape index (κ3) is 8.74. The maximum atomic E-state index is 13.9. The molecule has 328 valence electrons. The summed E-state index contributed by atoms with van der Waals surface area (Å²) < 4.78 is 35.8. The summed E-state index contributed by atoms with van der Waals surface area (Å²) in [6, 6.07) is 20.0. The number of hydrogen-bond donors (Lipinski definition) is 5. The molecule has 14 heteroatoms. The molecule has 5 aromatic rings. The van der Waals surface area contributed by atoms with Crippen molar-refractivity contribution in [2.24, 2.45) is 11.3 Å². The monoisotopic (exact) mass is 860 g/mol. The molecule has 1 atom stereocenters. The van der Waals surface area contributed by atoms with E-state index in [1.807, 2.05) is 19.1 Å². The van der Waals surface area contributed by atoms with Crippen molar-refractivity contribution in [1.82, 2.24) is 24.6 Å². The molecule has 1 amide bonds. The standard InChI is InChI=1S/C48H60N8O5S/c1-31(2)38-7-4-5-8-39(38)42-9-6-20-56(42)35-26-48(27-35)17-21-55(22-18-48)34-24-43(61-36-23-33-14-19-50-45(33)53-30-36)44(52-29-34)46(57)54-62(59,60)37-10-11-41(40(49)25-37)51-28-32-12-15-47(3,58)16-13-32/h4-5,7-8,10-11,14,19,23-25,29-32,35,42,51,58H,6,9,12-13,15-18,20-22,26-28,49H2,1-3H3,(H,50,53)(H,54,57)/t32-,42-,47-/m0/s1. The number of aromatic nitrogens is 3. The summed E-state index contributed by atoms with van der Waals surface area (Å²) in [5, 5.41) is 14.5. The number of nitrogens with zero attached hydrogens (tertiary/aromatic N) is 4. The number of carbonyl (C=O) groups excluding carboxylic acids is 1. The fourth-order valence-corrected chi connectivity index (χ4v) is 11.5. The Labute approximate surface area is 364 Å². The predicted octanol–water partition coefficient (Wildman–Crippen LogP) is 8.51. The molecule has 0 unspecified atom stereocenters. The molecule has 2 aliphatic carbocycles. The van der Waals surface area contributed by atoms with E-state index in [1.54, 1.807) is 30.7 Å². The minimum Gasteiger partial charge on any atom is -0.453 e. The Hall–Kier alpha value is -5.18. The Morgan fingerprint density at radius 2 is 1.76 bits per heavy atom. The number of rotatable bonds is 12. The number of nitrogens with one attached hydrogen (secondary N) is 3. The molecule has 4 fully saturated rings. The number of hydrogen-bond acceptors (Lipinski definition) is 11. The van der Waals surface area contributed by atoms with Crippen LogP contribution in [-0.4, -0.2) is 77.1 Å². The van der Waals surface area contributed by atoms with Gasteiger partial charge in [-0.3, -0.25) is 9.69 Å². The van der Waals surface area contributed by atoms with Gasteiger partial charge in [0.25, 0.3) is 15.9 Å². The molecular formula is C48H60N8O5S. The minimum absolute atomic E-state index is 0.126. The molecule has 4 aliphatic rings. The quantitative estimate of drug-likeness (QED) is 0.0760. The molecule has 2 aliphatic heterocycles. The molecule has 6 N–H and O–H groups in total. The van der Waals surface area contributed by atoms with Crippen molar-refractivity contribution in [1.29, 1.82) is 0 Å². The van der Waals surface area contributed by atoms with Gasteiger partial charge in [-0.2, -0.15) is 0 Å².